The Bertz CT molecular complexity index is 594. The summed E-state index contributed by atoms with van der Waals surface area (Å²) in [6.45, 7) is 9.70. The maximum absolute atomic E-state index is 10.9. The molecule has 1 aromatic carbocycles. The summed E-state index contributed by atoms with van der Waals surface area (Å²) >= 11 is 0. The number of carboxylic acids is 1. The molecule has 0 atom stereocenters. The second-order valence-electron chi connectivity index (χ2n) is 7.70. The molecule has 1 aliphatic heterocycles. The molecule has 1 aromatic rings. The van der Waals surface area contributed by atoms with Gasteiger partial charge < -0.3 is 10.2 Å². The first-order chi connectivity index (χ1) is 10.6. The lowest BCUT2D eigenvalue weighted by molar-refractivity contribution is -0.00836. The second-order valence-corrected chi connectivity index (χ2v) is 7.70. The molecule has 0 unspecified atom stereocenters. The van der Waals surface area contributed by atoms with Crippen molar-refractivity contribution in [2.45, 2.75) is 51.7 Å². The second kappa shape index (κ2) is 6.46. The summed E-state index contributed by atoms with van der Waals surface area (Å²) < 4.78 is 0. The minimum Gasteiger partial charge on any atom is -0.478 e. The zero-order valence-corrected chi connectivity index (χ0v) is 14.5. The van der Waals surface area contributed by atoms with Crippen LogP contribution in [-0.4, -0.2) is 45.3 Å². The molecule has 4 nitrogen and oxygen atoms in total. The Balaban J connectivity index is 2.10. The standard InChI is InChI=1S/C19H27NO3/c1-18(2)12-15(9-10-20(18)13-19(3,4)23)11-14-5-7-16(8-6-14)17(21)22/h5-8,11,23H,9-10,12-13H2,1-4H3,(H,21,22)/b15-11-. The highest BCUT2D eigenvalue weighted by Crippen LogP contribution is 2.33. The minimum atomic E-state index is -0.898. The average Bonchev–Trinajstić information content (AvgIpc) is 2.41. The highest BCUT2D eigenvalue weighted by atomic mass is 16.4. The van der Waals surface area contributed by atoms with Crippen molar-refractivity contribution >= 4 is 12.0 Å². The van der Waals surface area contributed by atoms with Gasteiger partial charge in [0.25, 0.3) is 0 Å². The molecular formula is C19H27NO3. The van der Waals surface area contributed by atoms with Crippen LogP contribution in [0, 0.1) is 0 Å². The van der Waals surface area contributed by atoms with Gasteiger partial charge in [-0.1, -0.05) is 23.8 Å². The van der Waals surface area contributed by atoms with Crippen LogP contribution in [0.3, 0.4) is 0 Å². The zero-order valence-electron chi connectivity index (χ0n) is 14.5. The molecule has 2 N–H and O–H groups in total. The predicted octanol–water partition coefficient (Wildman–Crippen LogP) is 3.41. The number of aliphatic hydroxyl groups is 1. The van der Waals surface area contributed by atoms with E-state index in [1.807, 2.05) is 26.0 Å². The van der Waals surface area contributed by atoms with Crippen molar-refractivity contribution in [3.8, 4) is 0 Å². The number of aromatic carboxylic acids is 1. The molecule has 0 bridgehead atoms. The van der Waals surface area contributed by atoms with Crippen LogP contribution in [0.1, 0.15) is 56.5 Å². The maximum atomic E-state index is 10.9. The van der Waals surface area contributed by atoms with Crippen LogP contribution >= 0.6 is 0 Å². The van der Waals surface area contributed by atoms with Gasteiger partial charge in [-0.05, 0) is 58.2 Å². The van der Waals surface area contributed by atoms with Gasteiger partial charge in [-0.25, -0.2) is 4.79 Å². The first-order valence-corrected chi connectivity index (χ1v) is 8.07. The summed E-state index contributed by atoms with van der Waals surface area (Å²) in [4.78, 5) is 13.2. The number of hydrogen-bond donors (Lipinski definition) is 2. The van der Waals surface area contributed by atoms with Crippen molar-refractivity contribution in [3.05, 3.63) is 41.0 Å². The highest BCUT2D eigenvalue weighted by Gasteiger charge is 2.34. The quantitative estimate of drug-likeness (QED) is 0.893. The Labute approximate surface area is 138 Å². The van der Waals surface area contributed by atoms with Crippen LogP contribution in [-0.2, 0) is 0 Å². The van der Waals surface area contributed by atoms with Gasteiger partial charge in [-0.2, -0.15) is 0 Å². The molecule has 1 heterocycles. The van der Waals surface area contributed by atoms with Gasteiger partial charge in [0.2, 0.25) is 0 Å². The van der Waals surface area contributed by atoms with E-state index >= 15 is 0 Å². The number of rotatable bonds is 4. The van der Waals surface area contributed by atoms with Crippen LogP contribution in [0.2, 0.25) is 0 Å². The van der Waals surface area contributed by atoms with Gasteiger partial charge >= 0.3 is 5.97 Å². The van der Waals surface area contributed by atoms with Gasteiger partial charge in [0.1, 0.15) is 0 Å². The Hall–Kier alpha value is -1.65. The SMILES string of the molecule is CC(C)(O)CN1CC/C(=C/c2ccc(C(=O)O)cc2)CC1(C)C. The number of hydrogen-bond acceptors (Lipinski definition) is 3. The van der Waals surface area contributed by atoms with Crippen LogP contribution in [0.15, 0.2) is 29.8 Å². The third-order valence-electron chi connectivity index (χ3n) is 4.32. The average molecular weight is 317 g/mol. The van der Waals surface area contributed by atoms with Crippen molar-refractivity contribution in [2.75, 3.05) is 13.1 Å². The van der Waals surface area contributed by atoms with Crippen molar-refractivity contribution in [3.63, 3.8) is 0 Å². The summed E-state index contributed by atoms with van der Waals surface area (Å²) in [7, 11) is 0. The van der Waals surface area contributed by atoms with Crippen LogP contribution in [0.25, 0.3) is 6.08 Å². The van der Waals surface area contributed by atoms with Crippen LogP contribution in [0.4, 0.5) is 0 Å². The van der Waals surface area contributed by atoms with E-state index in [4.69, 9.17) is 5.11 Å². The number of piperidine rings is 1. The number of carboxylic acid groups (broad SMARTS) is 1. The number of β-amino-alcohol motifs (C(OH)–C–C–N with tert-alkyl or cyclic N) is 1. The monoisotopic (exact) mass is 317 g/mol. The molecule has 0 saturated carbocycles. The van der Waals surface area contributed by atoms with Crippen molar-refractivity contribution in [1.82, 2.24) is 4.90 Å². The molecule has 2 rings (SSSR count). The summed E-state index contributed by atoms with van der Waals surface area (Å²) in [6.07, 6.45) is 4.08. The third-order valence-corrected chi connectivity index (χ3v) is 4.32. The first kappa shape index (κ1) is 17.7. The van der Waals surface area contributed by atoms with E-state index in [1.165, 1.54) is 5.57 Å². The van der Waals surface area contributed by atoms with E-state index < -0.39 is 11.6 Å². The fourth-order valence-corrected chi connectivity index (χ4v) is 3.18. The van der Waals surface area contributed by atoms with E-state index in [-0.39, 0.29) is 5.54 Å². The summed E-state index contributed by atoms with van der Waals surface area (Å²) in [5, 5.41) is 19.0. The molecule has 0 amide bonds. The fraction of sp³-hybridized carbons (Fsp3) is 0.526. The normalized spacial score (nSPS) is 20.7. The van der Waals surface area contributed by atoms with Crippen LogP contribution < -0.4 is 0 Å². The van der Waals surface area contributed by atoms with E-state index in [1.54, 1.807) is 12.1 Å². The highest BCUT2D eigenvalue weighted by molar-refractivity contribution is 5.87. The Kier molecular flexibility index (Phi) is 4.97. The fourth-order valence-electron chi connectivity index (χ4n) is 3.18. The molecule has 1 fully saturated rings. The molecule has 23 heavy (non-hydrogen) atoms. The molecule has 0 aromatic heterocycles. The zero-order chi connectivity index (χ0) is 17.3. The van der Waals surface area contributed by atoms with E-state index in [0.29, 0.717) is 12.1 Å². The Morgan fingerprint density at radius 2 is 1.91 bits per heavy atom. The Morgan fingerprint density at radius 1 is 1.30 bits per heavy atom. The van der Waals surface area contributed by atoms with Gasteiger partial charge in [0.05, 0.1) is 11.2 Å². The molecule has 0 spiro atoms. The first-order valence-electron chi connectivity index (χ1n) is 8.07. The smallest absolute Gasteiger partial charge is 0.335 e. The summed E-state index contributed by atoms with van der Waals surface area (Å²) in [6, 6.07) is 6.99. The minimum absolute atomic E-state index is 0.00505. The number of benzene rings is 1. The molecule has 1 saturated heterocycles. The van der Waals surface area contributed by atoms with Gasteiger partial charge in [-0.3, -0.25) is 4.90 Å². The molecule has 4 heteroatoms. The van der Waals surface area contributed by atoms with Crippen molar-refractivity contribution < 1.29 is 15.0 Å². The molecular weight excluding hydrogens is 290 g/mol. The lowest BCUT2D eigenvalue weighted by Gasteiger charge is -2.45. The number of nitrogens with zero attached hydrogens (tertiary/aromatic N) is 1. The van der Waals surface area contributed by atoms with Crippen molar-refractivity contribution in [2.24, 2.45) is 0 Å². The largest absolute Gasteiger partial charge is 0.478 e. The van der Waals surface area contributed by atoms with Gasteiger partial charge in [0, 0.05) is 18.6 Å². The summed E-state index contributed by atoms with van der Waals surface area (Å²) in [5.74, 6) is -0.898. The van der Waals surface area contributed by atoms with E-state index in [0.717, 1.165) is 24.9 Å². The maximum Gasteiger partial charge on any atom is 0.335 e. The molecule has 0 radical (unpaired) electrons. The summed E-state index contributed by atoms with van der Waals surface area (Å²) in [5.41, 5.74) is 2.03. The van der Waals surface area contributed by atoms with E-state index in [9.17, 15) is 9.90 Å². The van der Waals surface area contributed by atoms with E-state index in [2.05, 4.69) is 24.8 Å². The lowest BCUT2D eigenvalue weighted by atomic mass is 9.85. The third kappa shape index (κ3) is 4.91. The van der Waals surface area contributed by atoms with Gasteiger partial charge in [0.15, 0.2) is 0 Å². The van der Waals surface area contributed by atoms with Crippen molar-refractivity contribution in [1.29, 1.82) is 0 Å². The number of carbonyl (C=O) groups is 1. The predicted molar refractivity (Wildman–Crippen MR) is 92.6 cm³/mol. The topological polar surface area (TPSA) is 60.8 Å². The van der Waals surface area contributed by atoms with Crippen LogP contribution in [0.5, 0.6) is 0 Å². The Morgan fingerprint density at radius 3 is 2.39 bits per heavy atom. The number of likely N-dealkylation sites (tertiary alicyclic amines) is 1. The molecule has 126 valence electrons. The molecule has 1 aliphatic rings. The van der Waals surface area contributed by atoms with Gasteiger partial charge in [-0.15, -0.1) is 0 Å². The lowest BCUT2D eigenvalue weighted by Crippen LogP contribution is -2.53. The molecule has 0 aliphatic carbocycles.